The third-order valence-corrected chi connectivity index (χ3v) is 1.94. The summed E-state index contributed by atoms with van der Waals surface area (Å²) < 4.78 is 0. The molecule has 1 aliphatic carbocycles. The molecule has 0 saturated heterocycles. The van der Waals surface area contributed by atoms with E-state index in [0.717, 1.165) is 37.0 Å². The second-order valence-electron chi connectivity index (χ2n) is 2.77. The molecule has 0 bridgehead atoms. The van der Waals surface area contributed by atoms with E-state index in [-0.39, 0.29) is 35.3 Å². The number of hydrogen-bond donors (Lipinski definition) is 1. The Balaban J connectivity index is 0.000001000. The summed E-state index contributed by atoms with van der Waals surface area (Å²) in [6, 6.07) is 0. The topological polar surface area (TPSA) is 43.1 Å². The fourth-order valence-electron chi connectivity index (χ4n) is 1.33. The molecule has 58 valence electrons. The molecule has 0 fully saturated rings. The van der Waals surface area contributed by atoms with Gasteiger partial charge in [0.15, 0.2) is 5.78 Å². The second kappa shape index (κ2) is 4.96. The standard InChI is InChI=1S/C8H13NO.Na.H/c1-6(10)7-4-2-3-5-8(7)9;;/h2-5,9H2,1H3;;. The summed E-state index contributed by atoms with van der Waals surface area (Å²) in [4.78, 5) is 10.9. The van der Waals surface area contributed by atoms with Gasteiger partial charge in [0.2, 0.25) is 0 Å². The average molecular weight is 163 g/mol. The molecule has 3 heteroatoms. The molecule has 0 aliphatic heterocycles. The van der Waals surface area contributed by atoms with E-state index in [2.05, 4.69) is 0 Å². The van der Waals surface area contributed by atoms with Gasteiger partial charge >= 0.3 is 29.6 Å². The van der Waals surface area contributed by atoms with Crippen LogP contribution in [0.3, 0.4) is 0 Å². The first-order valence-electron chi connectivity index (χ1n) is 3.70. The number of carbonyl (C=O) groups excluding carboxylic acids is 1. The number of carbonyl (C=O) groups is 1. The Labute approximate surface area is 89.5 Å². The van der Waals surface area contributed by atoms with E-state index in [9.17, 15) is 4.79 Å². The molecule has 2 N–H and O–H groups in total. The molecule has 1 aliphatic rings. The van der Waals surface area contributed by atoms with Gasteiger partial charge in [0.05, 0.1) is 0 Å². The quantitative estimate of drug-likeness (QED) is 0.578. The second-order valence-corrected chi connectivity index (χ2v) is 2.77. The molecule has 0 aromatic rings. The van der Waals surface area contributed by atoms with Crippen molar-refractivity contribution in [2.75, 3.05) is 0 Å². The zero-order chi connectivity index (χ0) is 7.56. The normalized spacial score (nSPS) is 17.5. The van der Waals surface area contributed by atoms with Crippen molar-refractivity contribution in [1.29, 1.82) is 0 Å². The Kier molecular flexibility index (Phi) is 5.06. The molecular weight excluding hydrogens is 149 g/mol. The first-order chi connectivity index (χ1) is 4.72. The van der Waals surface area contributed by atoms with Gasteiger partial charge in [-0.2, -0.15) is 0 Å². The summed E-state index contributed by atoms with van der Waals surface area (Å²) in [5.74, 6) is 0.150. The maximum absolute atomic E-state index is 10.9. The van der Waals surface area contributed by atoms with Crippen molar-refractivity contribution >= 4 is 35.3 Å². The SMILES string of the molecule is CC(=O)C1=C(N)CCCC1.[NaH]. The van der Waals surface area contributed by atoms with Crippen molar-refractivity contribution in [3.05, 3.63) is 11.3 Å². The van der Waals surface area contributed by atoms with Crippen LogP contribution in [0.2, 0.25) is 0 Å². The van der Waals surface area contributed by atoms with Crippen molar-refractivity contribution in [2.45, 2.75) is 32.6 Å². The average Bonchev–Trinajstić information content (AvgIpc) is 1.88. The molecule has 1 rings (SSSR count). The van der Waals surface area contributed by atoms with Crippen LogP contribution in [0.1, 0.15) is 32.6 Å². The molecule has 0 heterocycles. The summed E-state index contributed by atoms with van der Waals surface area (Å²) >= 11 is 0. The summed E-state index contributed by atoms with van der Waals surface area (Å²) in [5, 5.41) is 0. The Morgan fingerprint density at radius 3 is 2.27 bits per heavy atom. The van der Waals surface area contributed by atoms with Crippen LogP contribution in [-0.4, -0.2) is 35.3 Å². The van der Waals surface area contributed by atoms with Crippen molar-refractivity contribution in [1.82, 2.24) is 0 Å². The molecule has 0 atom stereocenters. The molecule has 0 aromatic carbocycles. The van der Waals surface area contributed by atoms with Crippen LogP contribution in [-0.2, 0) is 4.79 Å². The molecule has 0 unspecified atom stereocenters. The summed E-state index contributed by atoms with van der Waals surface area (Å²) in [6.45, 7) is 1.59. The number of nitrogens with two attached hydrogens (primary N) is 1. The number of hydrogen-bond acceptors (Lipinski definition) is 2. The Morgan fingerprint density at radius 2 is 1.91 bits per heavy atom. The Hall–Kier alpha value is 0.210. The predicted octanol–water partition coefficient (Wildman–Crippen LogP) is 0.714. The van der Waals surface area contributed by atoms with Crippen LogP contribution in [0, 0.1) is 0 Å². The number of ketones is 1. The molecule has 2 nitrogen and oxygen atoms in total. The number of Topliss-reactive ketones (excluding diaryl/α,β-unsaturated/α-hetero) is 1. The third-order valence-electron chi connectivity index (χ3n) is 1.94. The van der Waals surface area contributed by atoms with Gasteiger partial charge in [0.1, 0.15) is 0 Å². The monoisotopic (exact) mass is 163 g/mol. The minimum absolute atomic E-state index is 0. The van der Waals surface area contributed by atoms with Crippen molar-refractivity contribution < 1.29 is 4.79 Å². The van der Waals surface area contributed by atoms with Crippen LogP contribution in [0.25, 0.3) is 0 Å². The van der Waals surface area contributed by atoms with Gasteiger partial charge in [-0.25, -0.2) is 0 Å². The molecule has 0 aromatic heterocycles. The fraction of sp³-hybridized carbons (Fsp3) is 0.625. The van der Waals surface area contributed by atoms with Crippen LogP contribution in [0.15, 0.2) is 11.3 Å². The van der Waals surface area contributed by atoms with Crippen LogP contribution in [0.5, 0.6) is 0 Å². The minimum atomic E-state index is 0. The summed E-state index contributed by atoms with van der Waals surface area (Å²) in [7, 11) is 0. The molecule has 0 radical (unpaired) electrons. The molecule has 0 amide bonds. The van der Waals surface area contributed by atoms with E-state index in [1.54, 1.807) is 6.92 Å². The Morgan fingerprint density at radius 1 is 1.36 bits per heavy atom. The molecule has 0 saturated carbocycles. The van der Waals surface area contributed by atoms with Gasteiger partial charge in [0, 0.05) is 11.3 Å². The van der Waals surface area contributed by atoms with E-state index >= 15 is 0 Å². The summed E-state index contributed by atoms with van der Waals surface area (Å²) in [5.41, 5.74) is 7.32. The fourth-order valence-corrected chi connectivity index (χ4v) is 1.33. The van der Waals surface area contributed by atoms with E-state index in [4.69, 9.17) is 5.73 Å². The third kappa shape index (κ3) is 2.97. The first kappa shape index (κ1) is 11.2. The van der Waals surface area contributed by atoms with E-state index < -0.39 is 0 Å². The van der Waals surface area contributed by atoms with E-state index in [0.29, 0.717) is 0 Å². The predicted molar refractivity (Wildman–Crippen MR) is 47.5 cm³/mol. The first-order valence-corrected chi connectivity index (χ1v) is 3.70. The van der Waals surface area contributed by atoms with Crippen LogP contribution in [0.4, 0.5) is 0 Å². The summed E-state index contributed by atoms with van der Waals surface area (Å²) in [6.07, 6.45) is 4.06. The van der Waals surface area contributed by atoms with Crippen LogP contribution < -0.4 is 5.73 Å². The van der Waals surface area contributed by atoms with Gasteiger partial charge in [-0.1, -0.05) is 0 Å². The van der Waals surface area contributed by atoms with Crippen molar-refractivity contribution in [2.24, 2.45) is 5.73 Å². The Bertz CT molecular complexity index is 187. The zero-order valence-corrected chi connectivity index (χ0v) is 6.31. The van der Waals surface area contributed by atoms with Gasteiger partial charge in [0.25, 0.3) is 0 Å². The van der Waals surface area contributed by atoms with Crippen molar-refractivity contribution in [3.8, 4) is 0 Å². The van der Waals surface area contributed by atoms with Gasteiger partial charge < -0.3 is 5.73 Å². The van der Waals surface area contributed by atoms with Gasteiger partial charge in [-0.3, -0.25) is 4.79 Å². The number of allylic oxidation sites excluding steroid dienone is 2. The van der Waals surface area contributed by atoms with Crippen LogP contribution >= 0.6 is 0 Å². The molecule has 0 spiro atoms. The zero-order valence-electron chi connectivity index (χ0n) is 6.31. The number of rotatable bonds is 1. The maximum atomic E-state index is 10.9. The van der Waals surface area contributed by atoms with E-state index in [1.807, 2.05) is 0 Å². The molecular formula is C8H14NNaO. The van der Waals surface area contributed by atoms with E-state index in [1.165, 1.54) is 0 Å². The van der Waals surface area contributed by atoms with Crippen molar-refractivity contribution in [3.63, 3.8) is 0 Å². The molecule has 11 heavy (non-hydrogen) atoms. The van der Waals surface area contributed by atoms with Gasteiger partial charge in [-0.15, -0.1) is 0 Å². The van der Waals surface area contributed by atoms with Gasteiger partial charge in [-0.05, 0) is 32.6 Å².